The first-order valence-corrected chi connectivity index (χ1v) is 9.32. The smallest absolute Gasteiger partial charge is 0.193 e. The molecule has 2 aliphatic heterocycles. The molecule has 144 valence electrons. The highest BCUT2D eigenvalue weighted by molar-refractivity contribution is 6.33. The van der Waals surface area contributed by atoms with Gasteiger partial charge in [-0.1, -0.05) is 29.8 Å². The number of benzene rings is 1. The van der Waals surface area contributed by atoms with Crippen LogP contribution in [0.5, 0.6) is 0 Å². The molecular formula is C20H20ClN5O2. The summed E-state index contributed by atoms with van der Waals surface area (Å²) in [4.78, 5) is 9.09. The molecular weight excluding hydrogens is 378 g/mol. The molecule has 4 N–H and O–H groups in total. The summed E-state index contributed by atoms with van der Waals surface area (Å²) in [6.07, 6.45) is 4.37. The highest BCUT2D eigenvalue weighted by atomic mass is 35.5. The number of halogens is 1. The molecule has 3 heterocycles. The molecule has 7 nitrogen and oxygen atoms in total. The van der Waals surface area contributed by atoms with E-state index in [2.05, 4.69) is 15.3 Å². The summed E-state index contributed by atoms with van der Waals surface area (Å²) in [5, 5.41) is 13.1. The van der Waals surface area contributed by atoms with E-state index in [1.165, 1.54) is 0 Å². The average Bonchev–Trinajstić information content (AvgIpc) is 3.12. The second-order valence-electron chi connectivity index (χ2n) is 6.63. The molecule has 0 radical (unpaired) electrons. The van der Waals surface area contributed by atoms with Crippen molar-refractivity contribution in [3.05, 3.63) is 56.9 Å². The van der Waals surface area contributed by atoms with Crippen LogP contribution in [-0.4, -0.2) is 29.3 Å². The largest absolute Gasteiger partial charge is 0.473 e. The fourth-order valence-corrected chi connectivity index (χ4v) is 3.35. The predicted octanol–water partition coefficient (Wildman–Crippen LogP) is 0.808. The van der Waals surface area contributed by atoms with Gasteiger partial charge in [0.1, 0.15) is 11.5 Å². The zero-order chi connectivity index (χ0) is 19.7. The summed E-state index contributed by atoms with van der Waals surface area (Å²) in [5.74, 6) is 0.557. The van der Waals surface area contributed by atoms with E-state index in [9.17, 15) is 0 Å². The summed E-state index contributed by atoms with van der Waals surface area (Å²) >= 11 is 6.42. The minimum Gasteiger partial charge on any atom is -0.473 e. The first-order valence-electron chi connectivity index (χ1n) is 8.94. The molecule has 1 fully saturated rings. The highest BCUT2D eigenvalue weighted by Gasteiger charge is 2.20. The van der Waals surface area contributed by atoms with Gasteiger partial charge in [-0.25, -0.2) is 9.97 Å². The Bertz CT molecular complexity index is 1140. The zero-order valence-corrected chi connectivity index (χ0v) is 16.1. The van der Waals surface area contributed by atoms with Crippen molar-refractivity contribution in [2.45, 2.75) is 19.4 Å². The Morgan fingerprint density at radius 3 is 2.89 bits per heavy atom. The van der Waals surface area contributed by atoms with Gasteiger partial charge >= 0.3 is 0 Å². The fourth-order valence-electron chi connectivity index (χ4n) is 3.13. The van der Waals surface area contributed by atoms with Gasteiger partial charge in [0.15, 0.2) is 11.4 Å². The van der Waals surface area contributed by atoms with Crippen molar-refractivity contribution >= 4 is 29.6 Å². The molecule has 0 saturated carbocycles. The Morgan fingerprint density at radius 1 is 1.36 bits per heavy atom. The number of aromatic nitrogens is 2. The number of hydrogen-bond acceptors (Lipinski definition) is 7. The van der Waals surface area contributed by atoms with Crippen LogP contribution in [0.25, 0.3) is 29.2 Å². The van der Waals surface area contributed by atoms with Crippen molar-refractivity contribution in [2.24, 2.45) is 5.73 Å². The van der Waals surface area contributed by atoms with Gasteiger partial charge in [0.25, 0.3) is 0 Å². The summed E-state index contributed by atoms with van der Waals surface area (Å²) in [6, 6.07) is 7.42. The van der Waals surface area contributed by atoms with Crippen molar-refractivity contribution in [1.82, 2.24) is 15.3 Å². The topological polar surface area (TPSA) is 106 Å². The Kier molecular flexibility index (Phi) is 5.02. The van der Waals surface area contributed by atoms with Crippen molar-refractivity contribution in [3.63, 3.8) is 0 Å². The molecule has 8 heteroatoms. The van der Waals surface area contributed by atoms with E-state index in [0.717, 1.165) is 12.0 Å². The van der Waals surface area contributed by atoms with Crippen LogP contribution < -0.4 is 27.1 Å². The van der Waals surface area contributed by atoms with Crippen LogP contribution in [0, 0.1) is 5.41 Å². The maximum atomic E-state index is 8.33. The lowest BCUT2D eigenvalue weighted by Gasteiger charge is -2.17. The predicted molar refractivity (Wildman–Crippen MR) is 107 cm³/mol. The van der Waals surface area contributed by atoms with E-state index in [1.807, 2.05) is 18.2 Å². The standard InChI is InChI=1S/C20H20ClN5O2/c1-11(22)18-20(23)25-16-8-17(28-12-6-7-27-10-12)24-9-14(16)19(26-18)13-4-2-3-5-15(13)21/h2-5,8-9,12,23-24H,6-7,10,22H2,1H3/b18-11+,23-20?. The molecule has 1 aromatic heterocycles. The van der Waals surface area contributed by atoms with E-state index >= 15 is 0 Å². The lowest BCUT2D eigenvalue weighted by Crippen LogP contribution is -2.32. The Morgan fingerprint density at radius 2 is 2.18 bits per heavy atom. The van der Waals surface area contributed by atoms with E-state index in [0.29, 0.717) is 51.8 Å². The van der Waals surface area contributed by atoms with Crippen molar-refractivity contribution in [2.75, 3.05) is 13.2 Å². The monoisotopic (exact) mass is 397 g/mol. The second kappa shape index (κ2) is 7.61. The molecule has 1 saturated heterocycles. The maximum Gasteiger partial charge on any atom is 0.193 e. The van der Waals surface area contributed by atoms with E-state index in [-0.39, 0.29) is 11.6 Å². The molecule has 2 aliphatic rings. The maximum absolute atomic E-state index is 8.33. The van der Waals surface area contributed by atoms with Crippen molar-refractivity contribution in [3.8, 4) is 11.3 Å². The minimum absolute atomic E-state index is 0.00187. The summed E-state index contributed by atoms with van der Waals surface area (Å²) < 4.78 is 11.3. The number of hydrogen-bond donors (Lipinski definition) is 3. The molecule has 1 atom stereocenters. The Hall–Kier alpha value is -2.90. The fraction of sp³-hybridized carbons (Fsp3) is 0.250. The number of rotatable bonds is 3. The van der Waals surface area contributed by atoms with Crippen LogP contribution in [0.2, 0.25) is 5.02 Å². The lowest BCUT2D eigenvalue weighted by molar-refractivity contribution is 0.0873. The van der Waals surface area contributed by atoms with Gasteiger partial charge in [-0.15, -0.1) is 0 Å². The van der Waals surface area contributed by atoms with Crippen LogP contribution in [0.1, 0.15) is 19.0 Å². The summed E-state index contributed by atoms with van der Waals surface area (Å²) in [6.45, 7) is 2.95. The molecule has 28 heavy (non-hydrogen) atoms. The van der Waals surface area contributed by atoms with Crippen LogP contribution in [0.4, 0.5) is 0 Å². The first kappa shape index (κ1) is 18.5. The highest BCUT2D eigenvalue weighted by Crippen LogP contribution is 2.23. The third-order valence-corrected chi connectivity index (χ3v) is 4.85. The minimum atomic E-state index is -0.00958. The van der Waals surface area contributed by atoms with Gasteiger partial charge in [-0.05, 0) is 13.0 Å². The molecule has 0 bridgehead atoms. The summed E-state index contributed by atoms with van der Waals surface area (Å²) in [5.41, 5.74) is 8.27. The van der Waals surface area contributed by atoms with Gasteiger partial charge in [0.05, 0.1) is 24.6 Å². The van der Waals surface area contributed by atoms with Gasteiger partial charge in [0.2, 0.25) is 0 Å². The van der Waals surface area contributed by atoms with Crippen LogP contribution in [0.3, 0.4) is 0 Å². The van der Waals surface area contributed by atoms with E-state index < -0.39 is 0 Å². The van der Waals surface area contributed by atoms with Crippen molar-refractivity contribution in [1.29, 1.82) is 5.41 Å². The molecule has 4 rings (SSSR count). The summed E-state index contributed by atoms with van der Waals surface area (Å²) in [7, 11) is 0. The van der Waals surface area contributed by atoms with E-state index in [4.69, 9.17) is 32.2 Å². The number of ether oxygens (including phenoxy) is 2. The molecule has 0 amide bonds. The number of fused-ring (bicyclic) bond motifs is 1. The molecule has 1 aromatic carbocycles. The van der Waals surface area contributed by atoms with Gasteiger partial charge < -0.3 is 20.5 Å². The molecule has 0 aliphatic carbocycles. The number of nitrogens with zero attached hydrogens (tertiary/aromatic N) is 2. The Balaban J connectivity index is 1.94. The van der Waals surface area contributed by atoms with E-state index in [1.54, 1.807) is 25.3 Å². The molecule has 2 aromatic rings. The molecule has 1 unspecified atom stereocenters. The number of nitrogens with two attached hydrogens (primary N) is 1. The number of nitrogens with one attached hydrogen (secondary N) is 2. The lowest BCUT2D eigenvalue weighted by atomic mass is 10.1. The average molecular weight is 398 g/mol. The van der Waals surface area contributed by atoms with Crippen LogP contribution in [0.15, 0.2) is 30.1 Å². The first-order chi connectivity index (χ1) is 13.5. The van der Waals surface area contributed by atoms with Gasteiger partial charge in [0, 0.05) is 40.2 Å². The normalized spacial score (nSPS) is 19.1. The quantitative estimate of drug-likeness (QED) is 0.707. The SMILES string of the molecule is C/C(N)=c1\nc(-c2ccccc2Cl)c2c(nc1=N)C=C(OC1CCOC1)NC=2. The molecule has 0 spiro atoms. The second-order valence-corrected chi connectivity index (χ2v) is 7.04. The zero-order valence-electron chi connectivity index (χ0n) is 15.3. The third kappa shape index (κ3) is 3.58. The van der Waals surface area contributed by atoms with Crippen LogP contribution in [-0.2, 0) is 9.47 Å². The van der Waals surface area contributed by atoms with Crippen LogP contribution >= 0.6 is 11.6 Å². The van der Waals surface area contributed by atoms with Gasteiger partial charge in [-0.3, -0.25) is 5.41 Å². The Labute approximate surface area is 166 Å². The van der Waals surface area contributed by atoms with Crippen molar-refractivity contribution < 1.29 is 9.47 Å². The third-order valence-electron chi connectivity index (χ3n) is 4.52. The van der Waals surface area contributed by atoms with Gasteiger partial charge in [-0.2, -0.15) is 0 Å².